The van der Waals surface area contributed by atoms with Gasteiger partial charge in [0.25, 0.3) is 0 Å². The normalized spacial score (nSPS) is 17.0. The monoisotopic (exact) mass is 306 g/mol. The third-order valence-electron chi connectivity index (χ3n) is 3.23. The summed E-state index contributed by atoms with van der Waals surface area (Å²) in [6.07, 6.45) is 0.0225. The lowest BCUT2D eigenvalue weighted by molar-refractivity contribution is 0.107. The maximum atomic E-state index is 5.93. The molecule has 0 saturated carbocycles. The van der Waals surface area contributed by atoms with E-state index < -0.39 is 0 Å². The van der Waals surface area contributed by atoms with Crippen LogP contribution in [0.2, 0.25) is 0 Å². The molecule has 1 aliphatic heterocycles. The van der Waals surface area contributed by atoms with Gasteiger partial charge in [-0.1, -0.05) is 23.9 Å². The molecule has 0 radical (unpaired) electrons. The molecule has 0 unspecified atom stereocenters. The second-order valence-electron chi connectivity index (χ2n) is 4.80. The largest absolute Gasteiger partial charge is 0.486 e. The molecular weight excluding hydrogens is 288 g/mol. The number of thioether (sulfide) groups is 1. The van der Waals surface area contributed by atoms with E-state index in [1.165, 1.54) is 0 Å². The lowest BCUT2D eigenvalue weighted by Crippen LogP contribution is -2.31. The highest BCUT2D eigenvalue weighted by atomic mass is 32.2. The molecule has 7 heteroatoms. The third-order valence-corrected chi connectivity index (χ3v) is 4.38. The van der Waals surface area contributed by atoms with E-state index in [0.717, 1.165) is 28.2 Å². The van der Waals surface area contributed by atoms with E-state index >= 15 is 0 Å². The molecule has 0 aliphatic carbocycles. The van der Waals surface area contributed by atoms with Crippen LogP contribution in [0.5, 0.6) is 11.5 Å². The summed E-state index contributed by atoms with van der Waals surface area (Å²) in [5, 5.41) is 12.3. The number of ether oxygens (including phenoxy) is 2. The Morgan fingerprint density at radius 2 is 2.14 bits per heavy atom. The van der Waals surface area contributed by atoms with E-state index in [-0.39, 0.29) is 6.10 Å². The Kier molecular flexibility index (Phi) is 4.31. The van der Waals surface area contributed by atoms with Crippen molar-refractivity contribution in [3.05, 3.63) is 30.1 Å². The van der Waals surface area contributed by atoms with E-state index in [4.69, 9.17) is 9.47 Å². The fourth-order valence-corrected chi connectivity index (χ4v) is 2.99. The highest BCUT2D eigenvalue weighted by Gasteiger charge is 2.21. The molecule has 112 valence electrons. The van der Waals surface area contributed by atoms with Gasteiger partial charge in [-0.25, -0.2) is 0 Å². The summed E-state index contributed by atoms with van der Waals surface area (Å²) in [6, 6.07) is 7.75. The molecule has 3 rings (SSSR count). The van der Waals surface area contributed by atoms with E-state index in [9.17, 15) is 0 Å². The first-order chi connectivity index (χ1) is 10.3. The molecule has 6 nitrogen and oxygen atoms in total. The zero-order valence-electron chi connectivity index (χ0n) is 12.1. The van der Waals surface area contributed by atoms with Gasteiger partial charge in [-0.15, -0.1) is 10.2 Å². The number of hydrogen-bond donors (Lipinski definition) is 1. The van der Waals surface area contributed by atoms with E-state index in [1.54, 1.807) is 11.8 Å². The van der Waals surface area contributed by atoms with Crippen molar-refractivity contribution in [2.24, 2.45) is 7.05 Å². The number of benzene rings is 1. The van der Waals surface area contributed by atoms with Crippen LogP contribution in [0.25, 0.3) is 0 Å². The predicted octanol–water partition coefficient (Wildman–Crippen LogP) is 1.47. The van der Waals surface area contributed by atoms with Crippen molar-refractivity contribution >= 4 is 11.8 Å². The van der Waals surface area contributed by atoms with Gasteiger partial charge in [0.05, 0.1) is 6.54 Å². The van der Waals surface area contributed by atoms with Crippen LogP contribution in [-0.4, -0.2) is 40.3 Å². The van der Waals surface area contributed by atoms with Crippen LogP contribution in [0, 0.1) is 0 Å². The average molecular weight is 306 g/mol. The summed E-state index contributed by atoms with van der Waals surface area (Å²) in [6.45, 7) is 1.27. The van der Waals surface area contributed by atoms with Gasteiger partial charge in [0.15, 0.2) is 16.7 Å². The fraction of sp³-hybridized carbons (Fsp3) is 0.429. The number of nitrogens with one attached hydrogen (secondary N) is 1. The Labute approximate surface area is 127 Å². The SMILES string of the molecule is CNCc1nnc(SC[C@@H]2COc3ccccc3O2)n1C. The first-order valence-corrected chi connectivity index (χ1v) is 7.80. The zero-order valence-corrected chi connectivity index (χ0v) is 12.9. The van der Waals surface area contributed by atoms with E-state index in [0.29, 0.717) is 13.2 Å². The van der Waals surface area contributed by atoms with Gasteiger partial charge >= 0.3 is 0 Å². The van der Waals surface area contributed by atoms with Crippen molar-refractivity contribution in [1.82, 2.24) is 20.1 Å². The van der Waals surface area contributed by atoms with Crippen molar-refractivity contribution in [1.29, 1.82) is 0 Å². The predicted molar refractivity (Wildman–Crippen MR) is 80.8 cm³/mol. The van der Waals surface area contributed by atoms with Gasteiger partial charge < -0.3 is 19.4 Å². The number of nitrogens with zero attached hydrogens (tertiary/aromatic N) is 3. The lowest BCUT2D eigenvalue weighted by atomic mass is 10.3. The van der Waals surface area contributed by atoms with Crippen LogP contribution in [-0.2, 0) is 13.6 Å². The summed E-state index contributed by atoms with van der Waals surface area (Å²) in [5.74, 6) is 3.32. The number of aromatic nitrogens is 3. The molecule has 21 heavy (non-hydrogen) atoms. The summed E-state index contributed by atoms with van der Waals surface area (Å²) in [4.78, 5) is 0. The molecule has 2 heterocycles. The van der Waals surface area contributed by atoms with Crippen LogP contribution >= 0.6 is 11.8 Å². The Morgan fingerprint density at radius 1 is 1.33 bits per heavy atom. The minimum Gasteiger partial charge on any atom is -0.486 e. The Balaban J connectivity index is 1.59. The molecule has 2 aromatic rings. The second kappa shape index (κ2) is 6.36. The Morgan fingerprint density at radius 3 is 2.95 bits per heavy atom. The molecule has 0 fully saturated rings. The second-order valence-corrected chi connectivity index (χ2v) is 5.78. The first-order valence-electron chi connectivity index (χ1n) is 6.82. The molecule has 1 N–H and O–H groups in total. The Bertz CT molecular complexity index is 617. The van der Waals surface area contributed by atoms with Crippen LogP contribution in [0.1, 0.15) is 5.82 Å². The van der Waals surface area contributed by atoms with E-state index in [1.807, 2.05) is 42.9 Å². The maximum absolute atomic E-state index is 5.93. The average Bonchev–Trinajstić information content (AvgIpc) is 2.86. The Hall–Kier alpha value is -1.73. The molecule has 1 aliphatic rings. The van der Waals surface area contributed by atoms with Crippen LogP contribution < -0.4 is 14.8 Å². The van der Waals surface area contributed by atoms with E-state index in [2.05, 4.69) is 15.5 Å². The maximum Gasteiger partial charge on any atom is 0.191 e. The number of rotatable bonds is 5. The van der Waals surface area contributed by atoms with Gasteiger partial charge in [-0.2, -0.15) is 0 Å². The molecule has 1 atom stereocenters. The number of fused-ring (bicyclic) bond motifs is 1. The van der Waals surface area contributed by atoms with Crippen molar-refractivity contribution in [2.75, 3.05) is 19.4 Å². The highest BCUT2D eigenvalue weighted by Crippen LogP contribution is 2.32. The standard InChI is InChI=1S/C14H18N4O2S/c1-15-7-13-16-17-14(18(13)2)21-9-10-8-19-11-5-3-4-6-12(11)20-10/h3-6,10,15H,7-9H2,1-2H3/t10-/m0/s1. The molecule has 0 bridgehead atoms. The van der Waals surface area contributed by atoms with Gasteiger partial charge in [-0.3, -0.25) is 0 Å². The summed E-state index contributed by atoms with van der Waals surface area (Å²) in [5.41, 5.74) is 0. The van der Waals surface area contributed by atoms with Crippen LogP contribution in [0.3, 0.4) is 0 Å². The number of para-hydroxylation sites is 2. The van der Waals surface area contributed by atoms with Gasteiger partial charge in [0, 0.05) is 12.8 Å². The molecule has 0 saturated heterocycles. The zero-order chi connectivity index (χ0) is 14.7. The molecule has 0 amide bonds. The third kappa shape index (κ3) is 3.14. The van der Waals surface area contributed by atoms with Gasteiger partial charge in [0.2, 0.25) is 0 Å². The quantitative estimate of drug-likeness (QED) is 0.844. The van der Waals surface area contributed by atoms with Gasteiger partial charge in [-0.05, 0) is 19.2 Å². The molecule has 1 aromatic heterocycles. The smallest absolute Gasteiger partial charge is 0.191 e. The molecule has 1 aromatic carbocycles. The van der Waals surface area contributed by atoms with Crippen LogP contribution in [0.15, 0.2) is 29.4 Å². The first kappa shape index (κ1) is 14.2. The number of hydrogen-bond acceptors (Lipinski definition) is 6. The summed E-state index contributed by atoms with van der Waals surface area (Å²) in [7, 11) is 3.87. The van der Waals surface area contributed by atoms with Crippen molar-refractivity contribution in [3.63, 3.8) is 0 Å². The van der Waals surface area contributed by atoms with Crippen molar-refractivity contribution in [3.8, 4) is 11.5 Å². The highest BCUT2D eigenvalue weighted by molar-refractivity contribution is 7.99. The van der Waals surface area contributed by atoms with Gasteiger partial charge in [0.1, 0.15) is 18.5 Å². The minimum atomic E-state index is 0.0225. The minimum absolute atomic E-state index is 0.0225. The topological polar surface area (TPSA) is 61.2 Å². The molecular formula is C14H18N4O2S. The lowest BCUT2D eigenvalue weighted by Gasteiger charge is -2.25. The molecule has 0 spiro atoms. The summed E-state index contributed by atoms with van der Waals surface area (Å²) < 4.78 is 13.6. The van der Waals surface area contributed by atoms with Crippen molar-refractivity contribution < 1.29 is 9.47 Å². The van der Waals surface area contributed by atoms with Crippen LogP contribution in [0.4, 0.5) is 0 Å². The fourth-order valence-electron chi connectivity index (χ4n) is 2.10. The summed E-state index contributed by atoms with van der Waals surface area (Å²) >= 11 is 1.63. The van der Waals surface area contributed by atoms with Crippen molar-refractivity contribution in [2.45, 2.75) is 17.8 Å².